The molecule has 4 nitrogen and oxygen atoms in total. The zero-order chi connectivity index (χ0) is 11.4. The van der Waals surface area contributed by atoms with Gasteiger partial charge in [-0.05, 0) is 19.9 Å². The van der Waals surface area contributed by atoms with Crippen molar-refractivity contribution < 1.29 is 4.74 Å². The van der Waals surface area contributed by atoms with Crippen molar-refractivity contribution in [1.82, 2.24) is 15.1 Å². The Kier molecular flexibility index (Phi) is 4.58. The zero-order valence-electron chi connectivity index (χ0n) is 10.6. The molecule has 3 heterocycles. The first-order valence-electron chi connectivity index (χ1n) is 6.47. The van der Waals surface area contributed by atoms with Crippen LogP contribution in [0, 0.1) is 0 Å². The molecule has 0 aliphatic carbocycles. The second-order valence-electron chi connectivity index (χ2n) is 4.93. The zero-order valence-corrected chi connectivity index (χ0v) is 10.6. The van der Waals surface area contributed by atoms with Gasteiger partial charge in [0, 0.05) is 58.5 Å². The normalized spacial score (nSPS) is 35.2. The molecule has 3 rings (SSSR count). The molecule has 94 valence electrons. The summed E-state index contributed by atoms with van der Waals surface area (Å²) in [6.45, 7) is 7.18. The van der Waals surface area contributed by atoms with Crippen LogP contribution in [-0.2, 0) is 4.74 Å². The standard InChI is InChI=1S/C12H25N3O/c1-13-11(4-3-9-16-2)12-10-14-5-7-15(12)8-6-14/h11-13H,3-10H2,1-2H3. The highest BCUT2D eigenvalue weighted by atomic mass is 16.5. The highest BCUT2D eigenvalue weighted by molar-refractivity contribution is 4.94. The highest BCUT2D eigenvalue weighted by Crippen LogP contribution is 2.20. The number of hydrogen-bond donors (Lipinski definition) is 1. The average molecular weight is 227 g/mol. The van der Waals surface area contributed by atoms with E-state index < -0.39 is 0 Å². The van der Waals surface area contributed by atoms with Gasteiger partial charge in [-0.3, -0.25) is 9.80 Å². The van der Waals surface area contributed by atoms with Gasteiger partial charge in [0.15, 0.2) is 0 Å². The van der Waals surface area contributed by atoms with Crippen molar-refractivity contribution in [1.29, 1.82) is 0 Å². The van der Waals surface area contributed by atoms with Crippen LogP contribution in [0.2, 0.25) is 0 Å². The van der Waals surface area contributed by atoms with E-state index in [1.165, 1.54) is 39.1 Å². The highest BCUT2D eigenvalue weighted by Gasteiger charge is 2.35. The van der Waals surface area contributed by atoms with E-state index >= 15 is 0 Å². The van der Waals surface area contributed by atoms with Crippen LogP contribution >= 0.6 is 0 Å². The lowest BCUT2D eigenvalue weighted by Gasteiger charge is -2.50. The van der Waals surface area contributed by atoms with Crippen molar-refractivity contribution in [3.8, 4) is 0 Å². The molecule has 3 saturated heterocycles. The first kappa shape index (κ1) is 12.3. The SMILES string of the molecule is CNC(CCCOC)C1CN2CCN1CC2. The molecular formula is C12H25N3O. The van der Waals surface area contributed by atoms with Crippen molar-refractivity contribution >= 4 is 0 Å². The van der Waals surface area contributed by atoms with Crippen LogP contribution in [0.5, 0.6) is 0 Å². The quantitative estimate of drug-likeness (QED) is 0.647. The number of piperazine rings is 3. The van der Waals surface area contributed by atoms with Gasteiger partial charge in [0.05, 0.1) is 0 Å². The molecule has 0 amide bonds. The maximum atomic E-state index is 5.13. The summed E-state index contributed by atoms with van der Waals surface area (Å²) in [4.78, 5) is 5.26. The molecule has 0 spiro atoms. The van der Waals surface area contributed by atoms with Crippen LogP contribution in [0.15, 0.2) is 0 Å². The van der Waals surface area contributed by atoms with E-state index in [9.17, 15) is 0 Å². The van der Waals surface area contributed by atoms with Crippen molar-refractivity contribution in [3.05, 3.63) is 0 Å². The van der Waals surface area contributed by atoms with Gasteiger partial charge in [-0.1, -0.05) is 0 Å². The lowest BCUT2D eigenvalue weighted by molar-refractivity contribution is -0.00442. The van der Waals surface area contributed by atoms with Gasteiger partial charge in [0.25, 0.3) is 0 Å². The molecule has 0 aromatic carbocycles. The van der Waals surface area contributed by atoms with Gasteiger partial charge < -0.3 is 10.1 Å². The second-order valence-corrected chi connectivity index (χ2v) is 4.93. The smallest absolute Gasteiger partial charge is 0.0462 e. The van der Waals surface area contributed by atoms with Gasteiger partial charge in [0.1, 0.15) is 0 Å². The predicted molar refractivity (Wildman–Crippen MR) is 65.8 cm³/mol. The number of nitrogens with one attached hydrogen (secondary N) is 1. The minimum atomic E-state index is 0.623. The van der Waals surface area contributed by atoms with Crippen molar-refractivity contribution in [2.45, 2.75) is 24.9 Å². The van der Waals surface area contributed by atoms with Gasteiger partial charge in [0.2, 0.25) is 0 Å². The summed E-state index contributed by atoms with van der Waals surface area (Å²) >= 11 is 0. The first-order chi connectivity index (χ1) is 7.85. The van der Waals surface area contributed by atoms with Crippen molar-refractivity contribution in [2.24, 2.45) is 0 Å². The number of ether oxygens (including phenoxy) is 1. The summed E-state index contributed by atoms with van der Waals surface area (Å²) < 4.78 is 5.13. The summed E-state index contributed by atoms with van der Waals surface area (Å²) in [5, 5.41) is 3.49. The fraction of sp³-hybridized carbons (Fsp3) is 1.00. The Morgan fingerprint density at radius 2 is 2.06 bits per heavy atom. The maximum absolute atomic E-state index is 5.13. The minimum absolute atomic E-state index is 0.623. The summed E-state index contributed by atoms with van der Waals surface area (Å²) in [7, 11) is 3.88. The Morgan fingerprint density at radius 1 is 1.31 bits per heavy atom. The summed E-state index contributed by atoms with van der Waals surface area (Å²) in [5.41, 5.74) is 0. The molecule has 3 fully saturated rings. The molecule has 2 atom stereocenters. The third kappa shape index (κ3) is 2.74. The molecule has 0 aromatic heterocycles. The van der Waals surface area contributed by atoms with E-state index in [4.69, 9.17) is 4.74 Å². The van der Waals surface area contributed by atoms with Crippen LogP contribution in [-0.4, -0.2) is 75.4 Å². The fourth-order valence-electron chi connectivity index (χ4n) is 3.02. The largest absolute Gasteiger partial charge is 0.385 e. The molecule has 0 aromatic rings. The molecule has 0 radical (unpaired) electrons. The van der Waals surface area contributed by atoms with Crippen LogP contribution in [0.1, 0.15) is 12.8 Å². The molecular weight excluding hydrogens is 202 g/mol. The van der Waals surface area contributed by atoms with Crippen LogP contribution in [0.25, 0.3) is 0 Å². The van der Waals surface area contributed by atoms with Crippen molar-refractivity contribution in [3.63, 3.8) is 0 Å². The lowest BCUT2D eigenvalue weighted by Crippen LogP contribution is -2.66. The van der Waals surface area contributed by atoms with Crippen LogP contribution < -0.4 is 5.32 Å². The number of likely N-dealkylation sites (N-methyl/N-ethyl adjacent to an activating group) is 1. The summed E-state index contributed by atoms with van der Waals surface area (Å²) in [6, 6.07) is 1.34. The third-order valence-electron chi connectivity index (χ3n) is 4.02. The van der Waals surface area contributed by atoms with Gasteiger partial charge in [-0.15, -0.1) is 0 Å². The number of methoxy groups -OCH3 is 1. The predicted octanol–water partition coefficient (Wildman–Crippen LogP) is 0.000800. The monoisotopic (exact) mass is 227 g/mol. The van der Waals surface area contributed by atoms with Crippen molar-refractivity contribution in [2.75, 3.05) is 53.5 Å². The number of fused-ring (bicyclic) bond motifs is 3. The van der Waals surface area contributed by atoms with Gasteiger partial charge in [-0.25, -0.2) is 0 Å². The maximum Gasteiger partial charge on any atom is 0.0462 e. The second kappa shape index (κ2) is 5.96. The molecule has 3 aliphatic heterocycles. The van der Waals surface area contributed by atoms with Crippen LogP contribution in [0.4, 0.5) is 0 Å². The fourth-order valence-corrected chi connectivity index (χ4v) is 3.02. The molecule has 4 heteroatoms. The van der Waals surface area contributed by atoms with Crippen LogP contribution in [0.3, 0.4) is 0 Å². The molecule has 2 unspecified atom stereocenters. The summed E-state index contributed by atoms with van der Waals surface area (Å²) in [6.07, 6.45) is 2.38. The Morgan fingerprint density at radius 3 is 2.56 bits per heavy atom. The molecule has 0 saturated carbocycles. The van der Waals surface area contributed by atoms with E-state index in [1.807, 2.05) is 0 Å². The van der Waals surface area contributed by atoms with E-state index in [1.54, 1.807) is 7.11 Å². The Balaban J connectivity index is 1.83. The number of hydrogen-bond acceptors (Lipinski definition) is 4. The Hall–Kier alpha value is -0.160. The molecule has 2 bridgehead atoms. The van der Waals surface area contributed by atoms with E-state index in [0.717, 1.165) is 13.0 Å². The summed E-state index contributed by atoms with van der Waals surface area (Å²) in [5.74, 6) is 0. The van der Waals surface area contributed by atoms with E-state index in [0.29, 0.717) is 12.1 Å². The van der Waals surface area contributed by atoms with E-state index in [-0.39, 0.29) is 0 Å². The molecule has 3 aliphatic rings. The average Bonchev–Trinajstić information content (AvgIpc) is 2.36. The number of nitrogens with zero attached hydrogens (tertiary/aromatic N) is 2. The van der Waals surface area contributed by atoms with Gasteiger partial charge >= 0.3 is 0 Å². The van der Waals surface area contributed by atoms with Gasteiger partial charge in [-0.2, -0.15) is 0 Å². The number of rotatable bonds is 6. The minimum Gasteiger partial charge on any atom is -0.385 e. The first-order valence-corrected chi connectivity index (χ1v) is 6.47. The Bertz CT molecular complexity index is 204. The van der Waals surface area contributed by atoms with E-state index in [2.05, 4.69) is 22.2 Å². The lowest BCUT2D eigenvalue weighted by atomic mass is 9.96. The third-order valence-corrected chi connectivity index (χ3v) is 4.02. The molecule has 1 N–H and O–H groups in total. The topological polar surface area (TPSA) is 27.7 Å². The molecule has 16 heavy (non-hydrogen) atoms. The Labute approximate surface area is 98.9 Å².